The second-order valence-electron chi connectivity index (χ2n) is 6.29. The van der Waals surface area contributed by atoms with Gasteiger partial charge in [0.2, 0.25) is 0 Å². The fourth-order valence-electron chi connectivity index (χ4n) is 2.83. The number of hydrogen-bond donors (Lipinski definition) is 2. The number of benzene rings is 2. The van der Waals surface area contributed by atoms with E-state index < -0.39 is 0 Å². The first kappa shape index (κ1) is 19.6. The third-order valence-electron chi connectivity index (χ3n) is 4.26. The molecule has 0 bridgehead atoms. The minimum Gasteiger partial charge on any atom is -0.488 e. The number of ether oxygens (including phenoxy) is 1. The van der Waals surface area contributed by atoms with Gasteiger partial charge in [0.1, 0.15) is 12.4 Å². The highest BCUT2D eigenvalue weighted by molar-refractivity contribution is 7.12. The standard InChI is InChI=1S/C22H22N2O3S/c1-3-17-13-18(21(25)23-24-22(26)19-10-7-11-28-19)12-15(2)20(17)27-14-16-8-5-4-6-9-16/h4-13H,3,14H2,1-2H3,(H,23,25)(H,24,26). The summed E-state index contributed by atoms with van der Waals surface area (Å²) in [5, 5.41) is 1.81. The summed E-state index contributed by atoms with van der Waals surface area (Å²) in [7, 11) is 0. The van der Waals surface area contributed by atoms with Crippen molar-refractivity contribution in [1.29, 1.82) is 0 Å². The Labute approximate surface area is 168 Å². The minimum atomic E-state index is -0.364. The molecule has 0 radical (unpaired) electrons. The summed E-state index contributed by atoms with van der Waals surface area (Å²) in [6.07, 6.45) is 0.730. The van der Waals surface area contributed by atoms with Gasteiger partial charge in [0, 0.05) is 5.56 Å². The van der Waals surface area contributed by atoms with Gasteiger partial charge in [-0.1, -0.05) is 43.3 Å². The summed E-state index contributed by atoms with van der Waals surface area (Å²) in [5.41, 5.74) is 8.31. The molecule has 2 N–H and O–H groups in total. The fraction of sp³-hybridized carbons (Fsp3) is 0.182. The van der Waals surface area contributed by atoms with Crippen molar-refractivity contribution < 1.29 is 14.3 Å². The second-order valence-corrected chi connectivity index (χ2v) is 7.24. The first-order valence-corrected chi connectivity index (χ1v) is 9.91. The summed E-state index contributed by atoms with van der Waals surface area (Å²) in [5.74, 6) is 0.0986. The van der Waals surface area contributed by atoms with Gasteiger partial charge in [-0.2, -0.15) is 0 Å². The second kappa shape index (κ2) is 9.19. The number of carbonyl (C=O) groups is 2. The van der Waals surface area contributed by atoms with E-state index in [0.717, 1.165) is 28.9 Å². The molecule has 0 fully saturated rings. The highest BCUT2D eigenvalue weighted by atomic mass is 32.1. The maximum atomic E-state index is 12.5. The van der Waals surface area contributed by atoms with Gasteiger partial charge in [-0.3, -0.25) is 20.4 Å². The molecule has 3 aromatic rings. The number of aryl methyl sites for hydroxylation is 2. The van der Waals surface area contributed by atoms with Crippen LogP contribution in [0.1, 0.15) is 43.6 Å². The van der Waals surface area contributed by atoms with E-state index in [1.54, 1.807) is 24.3 Å². The normalized spacial score (nSPS) is 10.4. The number of thiophene rings is 1. The molecule has 0 aliphatic carbocycles. The number of amides is 2. The van der Waals surface area contributed by atoms with Crippen LogP contribution in [0.25, 0.3) is 0 Å². The number of carbonyl (C=O) groups excluding carboxylic acids is 2. The summed E-state index contributed by atoms with van der Waals surface area (Å²) in [6, 6.07) is 17.0. The first-order valence-electron chi connectivity index (χ1n) is 9.03. The Morgan fingerprint density at radius 2 is 1.75 bits per heavy atom. The Balaban J connectivity index is 1.69. The highest BCUT2D eigenvalue weighted by Gasteiger charge is 2.15. The molecule has 0 saturated carbocycles. The van der Waals surface area contributed by atoms with Crippen LogP contribution in [-0.2, 0) is 13.0 Å². The molecule has 6 heteroatoms. The molecule has 28 heavy (non-hydrogen) atoms. The van der Waals surface area contributed by atoms with Gasteiger partial charge < -0.3 is 4.74 Å². The van der Waals surface area contributed by atoms with Crippen molar-refractivity contribution >= 4 is 23.2 Å². The average Bonchev–Trinajstić information content (AvgIpc) is 3.26. The lowest BCUT2D eigenvalue weighted by Crippen LogP contribution is -2.41. The molecule has 5 nitrogen and oxygen atoms in total. The van der Waals surface area contributed by atoms with Crippen molar-refractivity contribution in [2.24, 2.45) is 0 Å². The molecule has 0 spiro atoms. The van der Waals surface area contributed by atoms with E-state index in [0.29, 0.717) is 17.0 Å². The summed E-state index contributed by atoms with van der Waals surface area (Å²) >= 11 is 1.31. The summed E-state index contributed by atoms with van der Waals surface area (Å²) < 4.78 is 6.03. The summed E-state index contributed by atoms with van der Waals surface area (Å²) in [6.45, 7) is 4.40. The predicted molar refractivity (Wildman–Crippen MR) is 111 cm³/mol. The molecule has 2 amide bonds. The van der Waals surface area contributed by atoms with Crippen molar-refractivity contribution in [3.8, 4) is 5.75 Å². The lowest BCUT2D eigenvalue weighted by Gasteiger charge is -2.16. The van der Waals surface area contributed by atoms with Crippen LogP contribution in [0.4, 0.5) is 0 Å². The third kappa shape index (κ3) is 4.78. The van der Waals surface area contributed by atoms with Crippen LogP contribution in [0.15, 0.2) is 60.0 Å². The van der Waals surface area contributed by atoms with E-state index in [1.807, 2.05) is 49.6 Å². The Hall–Kier alpha value is -3.12. The Morgan fingerprint density at radius 1 is 1.00 bits per heavy atom. The molecule has 2 aromatic carbocycles. The zero-order valence-corrected chi connectivity index (χ0v) is 16.6. The monoisotopic (exact) mass is 394 g/mol. The van der Waals surface area contributed by atoms with E-state index in [2.05, 4.69) is 10.9 Å². The van der Waals surface area contributed by atoms with Crippen molar-refractivity contribution in [3.63, 3.8) is 0 Å². The van der Waals surface area contributed by atoms with Crippen molar-refractivity contribution in [3.05, 3.63) is 87.1 Å². The van der Waals surface area contributed by atoms with Crippen molar-refractivity contribution in [1.82, 2.24) is 10.9 Å². The Kier molecular flexibility index (Phi) is 6.45. The maximum Gasteiger partial charge on any atom is 0.279 e. The van der Waals surface area contributed by atoms with E-state index in [1.165, 1.54) is 11.3 Å². The maximum absolute atomic E-state index is 12.5. The molecule has 1 aromatic heterocycles. The van der Waals surface area contributed by atoms with E-state index in [-0.39, 0.29) is 11.8 Å². The van der Waals surface area contributed by atoms with Crippen molar-refractivity contribution in [2.45, 2.75) is 26.9 Å². The average molecular weight is 394 g/mol. The van der Waals surface area contributed by atoms with Crippen LogP contribution >= 0.6 is 11.3 Å². The molecule has 0 aliphatic heterocycles. The van der Waals surface area contributed by atoms with E-state index in [9.17, 15) is 9.59 Å². The van der Waals surface area contributed by atoms with Crippen LogP contribution < -0.4 is 15.6 Å². The summed E-state index contributed by atoms with van der Waals surface area (Å²) in [4.78, 5) is 25.0. The van der Waals surface area contributed by atoms with Crippen LogP contribution in [0.5, 0.6) is 5.75 Å². The van der Waals surface area contributed by atoms with Crippen LogP contribution in [-0.4, -0.2) is 11.8 Å². The number of nitrogens with one attached hydrogen (secondary N) is 2. The molecular formula is C22H22N2O3S. The molecule has 144 valence electrons. The van der Waals surface area contributed by atoms with Gasteiger partial charge in [0.15, 0.2) is 0 Å². The number of hydrogen-bond acceptors (Lipinski definition) is 4. The fourth-order valence-corrected chi connectivity index (χ4v) is 3.45. The minimum absolute atomic E-state index is 0.335. The Bertz CT molecular complexity index is 953. The van der Waals surface area contributed by atoms with Crippen LogP contribution in [0.3, 0.4) is 0 Å². The van der Waals surface area contributed by atoms with Gasteiger partial charge in [-0.05, 0) is 53.6 Å². The van der Waals surface area contributed by atoms with Gasteiger partial charge >= 0.3 is 0 Å². The smallest absolute Gasteiger partial charge is 0.279 e. The van der Waals surface area contributed by atoms with Gasteiger partial charge in [-0.15, -0.1) is 11.3 Å². The number of hydrazine groups is 1. The zero-order chi connectivity index (χ0) is 19.9. The molecule has 0 unspecified atom stereocenters. The molecule has 3 rings (SSSR count). The lowest BCUT2D eigenvalue weighted by atomic mass is 10.0. The quantitative estimate of drug-likeness (QED) is 0.614. The first-order chi connectivity index (χ1) is 13.6. The van der Waals surface area contributed by atoms with Crippen LogP contribution in [0.2, 0.25) is 0 Å². The van der Waals surface area contributed by atoms with Gasteiger partial charge in [-0.25, -0.2) is 0 Å². The highest BCUT2D eigenvalue weighted by Crippen LogP contribution is 2.27. The molecule has 0 aliphatic rings. The zero-order valence-electron chi connectivity index (χ0n) is 15.8. The Morgan fingerprint density at radius 3 is 2.43 bits per heavy atom. The largest absolute Gasteiger partial charge is 0.488 e. The molecule has 0 atom stereocenters. The molecule has 1 heterocycles. The lowest BCUT2D eigenvalue weighted by molar-refractivity contribution is 0.0849. The molecular weight excluding hydrogens is 372 g/mol. The third-order valence-corrected chi connectivity index (χ3v) is 5.12. The molecule has 0 saturated heterocycles. The van der Waals surface area contributed by atoms with Crippen molar-refractivity contribution in [2.75, 3.05) is 0 Å². The van der Waals surface area contributed by atoms with Crippen LogP contribution in [0, 0.1) is 6.92 Å². The van der Waals surface area contributed by atoms with Gasteiger partial charge in [0.05, 0.1) is 4.88 Å². The van der Waals surface area contributed by atoms with E-state index >= 15 is 0 Å². The van der Waals surface area contributed by atoms with E-state index in [4.69, 9.17) is 4.74 Å². The van der Waals surface area contributed by atoms with Gasteiger partial charge in [0.25, 0.3) is 11.8 Å². The number of rotatable bonds is 6. The predicted octanol–water partition coefficient (Wildman–Crippen LogP) is 4.27. The topological polar surface area (TPSA) is 67.4 Å². The SMILES string of the molecule is CCc1cc(C(=O)NNC(=O)c2cccs2)cc(C)c1OCc1ccccc1.